The zero-order chi connectivity index (χ0) is 15.1. The Bertz CT molecular complexity index is 629. The molecule has 0 N–H and O–H groups in total. The molecule has 0 unspecified atom stereocenters. The number of halogens is 1. The molecule has 0 saturated heterocycles. The van der Waals surface area contributed by atoms with Crippen molar-refractivity contribution in [3.8, 4) is 11.9 Å². The second kappa shape index (κ2) is 7.55. The number of methoxy groups -OCH3 is 1. The second-order valence-corrected chi connectivity index (χ2v) is 5.07. The Labute approximate surface area is 131 Å². The number of aromatic nitrogens is 3. The summed E-state index contributed by atoms with van der Waals surface area (Å²) < 4.78 is 5.88. The summed E-state index contributed by atoms with van der Waals surface area (Å²) in [7, 11) is 1.55. The zero-order valence-electron chi connectivity index (χ0n) is 11.5. The van der Waals surface area contributed by atoms with Crippen LogP contribution in [0.3, 0.4) is 0 Å². The monoisotopic (exact) mass is 347 g/mol. The van der Waals surface area contributed by atoms with Crippen molar-refractivity contribution < 1.29 is 4.74 Å². The highest BCUT2D eigenvalue weighted by Crippen LogP contribution is 2.24. The van der Waals surface area contributed by atoms with Gasteiger partial charge in [-0.2, -0.15) is 10.2 Å². The van der Waals surface area contributed by atoms with Crippen LogP contribution in [0.2, 0.25) is 0 Å². The molecule has 2 aromatic heterocycles. The predicted octanol–water partition coefficient (Wildman–Crippen LogP) is 2.56. The number of nitrogens with zero attached hydrogens (tertiary/aromatic N) is 5. The summed E-state index contributed by atoms with van der Waals surface area (Å²) in [6, 6.07) is 5.99. The number of ether oxygens (including phenoxy) is 1. The molecule has 0 aromatic carbocycles. The minimum Gasteiger partial charge on any atom is -0.480 e. The lowest BCUT2D eigenvalue weighted by atomic mass is 10.2. The van der Waals surface area contributed by atoms with Crippen molar-refractivity contribution in [2.24, 2.45) is 0 Å². The second-order valence-electron chi connectivity index (χ2n) is 4.22. The summed E-state index contributed by atoms with van der Waals surface area (Å²) in [4.78, 5) is 14.7. The zero-order valence-corrected chi connectivity index (χ0v) is 13.1. The summed E-state index contributed by atoms with van der Waals surface area (Å²) in [6.45, 7) is 1.12. The van der Waals surface area contributed by atoms with E-state index in [4.69, 9.17) is 10.00 Å². The van der Waals surface area contributed by atoms with Gasteiger partial charge >= 0.3 is 0 Å². The maximum Gasteiger partial charge on any atom is 0.232 e. The quantitative estimate of drug-likeness (QED) is 0.799. The van der Waals surface area contributed by atoms with Crippen LogP contribution in [0, 0.1) is 11.3 Å². The van der Waals surface area contributed by atoms with Gasteiger partial charge in [-0.3, -0.25) is 4.98 Å². The Hall–Kier alpha value is -2.20. The standard InChI is InChI=1S/C14H14BrN5O/c1-21-13-12(15)9-18-14(19-13)20(7-3-5-16)10-11-4-2-6-17-8-11/h2,4,6,8-9H,3,7,10H2,1H3. The largest absolute Gasteiger partial charge is 0.480 e. The number of anilines is 1. The summed E-state index contributed by atoms with van der Waals surface area (Å²) in [6.07, 6.45) is 5.55. The first kappa shape index (κ1) is 15.2. The lowest BCUT2D eigenvalue weighted by Crippen LogP contribution is -2.26. The van der Waals surface area contributed by atoms with E-state index >= 15 is 0 Å². The van der Waals surface area contributed by atoms with E-state index in [1.165, 1.54) is 0 Å². The summed E-state index contributed by atoms with van der Waals surface area (Å²) in [5, 5.41) is 8.81. The van der Waals surface area contributed by atoms with Gasteiger partial charge in [0.15, 0.2) is 0 Å². The van der Waals surface area contributed by atoms with Crippen LogP contribution >= 0.6 is 15.9 Å². The fraction of sp³-hybridized carbons (Fsp3) is 0.286. The Morgan fingerprint density at radius 3 is 2.95 bits per heavy atom. The lowest BCUT2D eigenvalue weighted by Gasteiger charge is -2.21. The normalized spacial score (nSPS) is 9.95. The van der Waals surface area contributed by atoms with Gasteiger partial charge in [-0.05, 0) is 27.6 Å². The molecule has 0 aliphatic carbocycles. The number of hydrogen-bond donors (Lipinski definition) is 0. The Balaban J connectivity index is 2.25. The number of hydrogen-bond acceptors (Lipinski definition) is 6. The smallest absolute Gasteiger partial charge is 0.232 e. The van der Waals surface area contributed by atoms with Gasteiger partial charge in [0.2, 0.25) is 11.8 Å². The van der Waals surface area contributed by atoms with Gasteiger partial charge in [-0.15, -0.1) is 0 Å². The molecule has 0 saturated carbocycles. The molecule has 6 nitrogen and oxygen atoms in total. The third kappa shape index (κ3) is 4.13. The molecule has 108 valence electrons. The SMILES string of the molecule is COc1nc(N(CCC#N)Cc2cccnc2)ncc1Br. The molecule has 2 aromatic rings. The van der Waals surface area contributed by atoms with Crippen molar-refractivity contribution in [3.05, 3.63) is 40.8 Å². The highest BCUT2D eigenvalue weighted by atomic mass is 79.9. The van der Waals surface area contributed by atoms with Crippen LogP contribution in [0.5, 0.6) is 5.88 Å². The van der Waals surface area contributed by atoms with Crippen LogP contribution in [-0.4, -0.2) is 28.6 Å². The molecule has 2 rings (SSSR count). The van der Waals surface area contributed by atoms with E-state index in [9.17, 15) is 0 Å². The van der Waals surface area contributed by atoms with E-state index in [0.717, 1.165) is 5.56 Å². The van der Waals surface area contributed by atoms with Crippen LogP contribution in [0.25, 0.3) is 0 Å². The summed E-state index contributed by atoms with van der Waals surface area (Å²) in [5.74, 6) is 0.988. The fourth-order valence-corrected chi connectivity index (χ4v) is 2.14. The van der Waals surface area contributed by atoms with Crippen LogP contribution < -0.4 is 9.64 Å². The first-order chi connectivity index (χ1) is 10.2. The van der Waals surface area contributed by atoms with Gasteiger partial charge in [0.1, 0.15) is 0 Å². The van der Waals surface area contributed by atoms with Crippen molar-refractivity contribution in [1.29, 1.82) is 5.26 Å². The summed E-state index contributed by atoms with van der Waals surface area (Å²) >= 11 is 3.33. The minimum atomic E-state index is 0.391. The van der Waals surface area contributed by atoms with E-state index in [1.807, 2.05) is 17.0 Å². The van der Waals surface area contributed by atoms with Crippen molar-refractivity contribution >= 4 is 21.9 Å². The molecule has 7 heteroatoms. The van der Waals surface area contributed by atoms with Crippen LogP contribution in [-0.2, 0) is 6.54 Å². The molecule has 0 bridgehead atoms. The van der Waals surface area contributed by atoms with Crippen molar-refractivity contribution in [2.45, 2.75) is 13.0 Å². The van der Waals surface area contributed by atoms with Crippen molar-refractivity contribution in [1.82, 2.24) is 15.0 Å². The van der Waals surface area contributed by atoms with E-state index in [1.54, 1.807) is 25.7 Å². The number of pyridine rings is 1. The van der Waals surface area contributed by atoms with Gasteiger partial charge in [-0.25, -0.2) is 4.98 Å². The minimum absolute atomic E-state index is 0.391. The van der Waals surface area contributed by atoms with E-state index < -0.39 is 0 Å². The number of rotatable bonds is 6. The Morgan fingerprint density at radius 1 is 1.43 bits per heavy atom. The Kier molecular flexibility index (Phi) is 5.46. The average Bonchev–Trinajstić information content (AvgIpc) is 2.53. The molecule has 0 fully saturated rings. The molecule has 0 aliphatic rings. The van der Waals surface area contributed by atoms with Gasteiger partial charge in [0.25, 0.3) is 0 Å². The summed E-state index contributed by atoms with van der Waals surface area (Å²) in [5.41, 5.74) is 1.03. The topological polar surface area (TPSA) is 74.9 Å². The van der Waals surface area contributed by atoms with E-state index in [-0.39, 0.29) is 0 Å². The average molecular weight is 348 g/mol. The van der Waals surface area contributed by atoms with Crippen LogP contribution in [0.1, 0.15) is 12.0 Å². The highest BCUT2D eigenvalue weighted by Gasteiger charge is 2.13. The van der Waals surface area contributed by atoms with Crippen LogP contribution in [0.4, 0.5) is 5.95 Å². The molecule has 0 amide bonds. The Morgan fingerprint density at radius 2 is 2.29 bits per heavy atom. The predicted molar refractivity (Wildman–Crippen MR) is 81.8 cm³/mol. The molecule has 2 heterocycles. The van der Waals surface area contributed by atoms with E-state index in [0.29, 0.717) is 35.8 Å². The molecule has 0 aliphatic heterocycles. The van der Waals surface area contributed by atoms with Crippen molar-refractivity contribution in [3.63, 3.8) is 0 Å². The molecule has 0 atom stereocenters. The highest BCUT2D eigenvalue weighted by molar-refractivity contribution is 9.10. The van der Waals surface area contributed by atoms with Gasteiger partial charge in [0.05, 0.1) is 30.3 Å². The molecule has 0 radical (unpaired) electrons. The molecular formula is C14H14BrN5O. The lowest BCUT2D eigenvalue weighted by molar-refractivity contribution is 0.393. The fourth-order valence-electron chi connectivity index (χ4n) is 1.78. The van der Waals surface area contributed by atoms with Crippen molar-refractivity contribution in [2.75, 3.05) is 18.6 Å². The van der Waals surface area contributed by atoms with Crippen LogP contribution in [0.15, 0.2) is 35.2 Å². The molecular weight excluding hydrogens is 334 g/mol. The van der Waals surface area contributed by atoms with Gasteiger partial charge in [0, 0.05) is 25.5 Å². The third-order valence-corrected chi connectivity index (χ3v) is 3.31. The molecule has 21 heavy (non-hydrogen) atoms. The van der Waals surface area contributed by atoms with Gasteiger partial charge in [-0.1, -0.05) is 6.07 Å². The first-order valence-electron chi connectivity index (χ1n) is 6.32. The third-order valence-electron chi connectivity index (χ3n) is 2.77. The maximum atomic E-state index is 8.81. The number of nitriles is 1. The maximum absolute atomic E-state index is 8.81. The van der Waals surface area contributed by atoms with E-state index in [2.05, 4.69) is 37.0 Å². The first-order valence-corrected chi connectivity index (χ1v) is 7.11. The molecule has 0 spiro atoms. The van der Waals surface area contributed by atoms with Gasteiger partial charge < -0.3 is 9.64 Å².